The predicted octanol–water partition coefficient (Wildman–Crippen LogP) is 3.81. The Morgan fingerprint density at radius 2 is 1.89 bits per heavy atom. The Morgan fingerprint density at radius 1 is 1.05 bits per heavy atom. The third-order valence-corrected chi connectivity index (χ3v) is 5.47. The Balaban J connectivity index is 1.74. The first-order valence-corrected chi connectivity index (χ1v) is 8.65. The number of nitrogens with zero attached hydrogens (tertiary/aromatic N) is 1. The molecular weight excluding hydrogens is 232 g/mol. The molecule has 2 aliphatic rings. The minimum Gasteiger partial charge on any atom is -0.311 e. The fraction of sp³-hybridized carbons (Fsp3) is 1.00. The van der Waals surface area contributed by atoms with Gasteiger partial charge >= 0.3 is 0 Å². The lowest BCUT2D eigenvalue weighted by molar-refractivity contribution is 0.160. The molecule has 1 aliphatic carbocycles. The first-order chi connectivity index (χ1) is 9.19. The molecule has 0 aromatic rings. The van der Waals surface area contributed by atoms with Crippen LogP contribution in [0, 0.1) is 5.92 Å². The van der Waals surface area contributed by atoms with Crippen LogP contribution in [0.15, 0.2) is 0 Å². The molecule has 1 aliphatic heterocycles. The lowest BCUT2D eigenvalue weighted by atomic mass is 9.95. The van der Waals surface area contributed by atoms with Crippen molar-refractivity contribution in [3.63, 3.8) is 0 Å². The molecule has 0 spiro atoms. The molecule has 0 aromatic heterocycles. The van der Waals surface area contributed by atoms with Crippen LogP contribution < -0.4 is 5.32 Å². The monoisotopic (exact) mass is 266 g/mol. The molecule has 0 bridgehead atoms. The Hall–Kier alpha value is -0.0800. The Morgan fingerprint density at radius 3 is 2.63 bits per heavy atom. The SMILES string of the molecule is CCCC1CCCC(NC2CCN(C)C(C)C2)CC1. The predicted molar refractivity (Wildman–Crippen MR) is 83.5 cm³/mol. The average molecular weight is 266 g/mol. The minimum atomic E-state index is 0.755. The van der Waals surface area contributed by atoms with Gasteiger partial charge in [0.2, 0.25) is 0 Å². The van der Waals surface area contributed by atoms with E-state index in [1.807, 2.05) is 0 Å². The van der Waals surface area contributed by atoms with E-state index in [1.165, 1.54) is 64.3 Å². The van der Waals surface area contributed by atoms with Crippen molar-refractivity contribution in [3.05, 3.63) is 0 Å². The van der Waals surface area contributed by atoms with Gasteiger partial charge in [0.05, 0.1) is 0 Å². The molecule has 4 unspecified atom stereocenters. The van der Waals surface area contributed by atoms with Crippen molar-refractivity contribution in [3.8, 4) is 0 Å². The Labute approximate surface area is 120 Å². The normalized spacial score (nSPS) is 38.1. The summed E-state index contributed by atoms with van der Waals surface area (Å²) < 4.78 is 0. The maximum Gasteiger partial charge on any atom is 0.00966 e. The molecule has 0 aromatic carbocycles. The van der Waals surface area contributed by atoms with Gasteiger partial charge in [0.25, 0.3) is 0 Å². The summed E-state index contributed by atoms with van der Waals surface area (Å²) in [6.07, 6.45) is 12.7. The summed E-state index contributed by atoms with van der Waals surface area (Å²) in [5.74, 6) is 1.02. The van der Waals surface area contributed by atoms with E-state index in [0.29, 0.717) is 0 Å². The number of nitrogens with one attached hydrogen (secondary N) is 1. The number of rotatable bonds is 4. The van der Waals surface area contributed by atoms with Crippen LogP contribution in [0.2, 0.25) is 0 Å². The first-order valence-electron chi connectivity index (χ1n) is 8.65. The quantitative estimate of drug-likeness (QED) is 0.779. The third-order valence-electron chi connectivity index (χ3n) is 5.47. The summed E-state index contributed by atoms with van der Waals surface area (Å²) in [4.78, 5) is 2.50. The highest BCUT2D eigenvalue weighted by Crippen LogP contribution is 2.27. The second-order valence-corrected chi connectivity index (χ2v) is 7.08. The molecule has 2 fully saturated rings. The van der Waals surface area contributed by atoms with Gasteiger partial charge in [-0.25, -0.2) is 0 Å². The molecule has 19 heavy (non-hydrogen) atoms. The van der Waals surface area contributed by atoms with Crippen LogP contribution in [0.5, 0.6) is 0 Å². The summed E-state index contributed by atoms with van der Waals surface area (Å²) in [7, 11) is 2.27. The van der Waals surface area contributed by atoms with Crippen LogP contribution in [0.4, 0.5) is 0 Å². The highest BCUT2D eigenvalue weighted by Gasteiger charge is 2.26. The van der Waals surface area contributed by atoms with Crippen LogP contribution in [-0.2, 0) is 0 Å². The van der Waals surface area contributed by atoms with Crippen molar-refractivity contribution in [1.29, 1.82) is 0 Å². The smallest absolute Gasteiger partial charge is 0.00966 e. The van der Waals surface area contributed by atoms with Crippen molar-refractivity contribution in [2.45, 2.75) is 89.8 Å². The summed E-state index contributed by atoms with van der Waals surface area (Å²) in [5.41, 5.74) is 0. The van der Waals surface area contributed by atoms with E-state index in [4.69, 9.17) is 0 Å². The van der Waals surface area contributed by atoms with Crippen LogP contribution >= 0.6 is 0 Å². The van der Waals surface area contributed by atoms with E-state index in [9.17, 15) is 0 Å². The fourth-order valence-electron chi connectivity index (χ4n) is 4.02. The summed E-state index contributed by atoms with van der Waals surface area (Å²) >= 11 is 0. The molecule has 1 N–H and O–H groups in total. The first kappa shape index (κ1) is 15.3. The molecule has 2 heteroatoms. The topological polar surface area (TPSA) is 15.3 Å². The molecule has 1 saturated heterocycles. The second-order valence-electron chi connectivity index (χ2n) is 7.08. The molecule has 4 atom stereocenters. The molecule has 2 nitrogen and oxygen atoms in total. The number of hydrogen-bond donors (Lipinski definition) is 1. The number of piperidine rings is 1. The van der Waals surface area contributed by atoms with Gasteiger partial charge in [-0.3, -0.25) is 0 Å². The van der Waals surface area contributed by atoms with Crippen molar-refractivity contribution >= 4 is 0 Å². The Kier molecular flexibility index (Phi) is 6.15. The average Bonchev–Trinajstić information content (AvgIpc) is 2.60. The summed E-state index contributed by atoms with van der Waals surface area (Å²) in [6, 6.07) is 2.34. The molecule has 1 heterocycles. The zero-order valence-electron chi connectivity index (χ0n) is 13.3. The fourth-order valence-corrected chi connectivity index (χ4v) is 4.02. The number of hydrogen-bond acceptors (Lipinski definition) is 2. The number of likely N-dealkylation sites (tertiary alicyclic amines) is 1. The van der Waals surface area contributed by atoms with Crippen molar-refractivity contribution in [1.82, 2.24) is 10.2 Å². The Bertz CT molecular complexity index is 254. The van der Waals surface area contributed by atoms with Gasteiger partial charge in [0.1, 0.15) is 0 Å². The van der Waals surface area contributed by atoms with Gasteiger partial charge in [-0.2, -0.15) is 0 Å². The van der Waals surface area contributed by atoms with E-state index in [0.717, 1.165) is 24.0 Å². The summed E-state index contributed by atoms with van der Waals surface area (Å²) in [6.45, 7) is 5.97. The molecular formula is C17H34N2. The van der Waals surface area contributed by atoms with Gasteiger partial charge in [-0.1, -0.05) is 32.6 Å². The molecule has 0 radical (unpaired) electrons. The van der Waals surface area contributed by atoms with Crippen LogP contribution in [-0.4, -0.2) is 36.6 Å². The minimum absolute atomic E-state index is 0.755. The van der Waals surface area contributed by atoms with Gasteiger partial charge in [-0.15, -0.1) is 0 Å². The van der Waals surface area contributed by atoms with Crippen molar-refractivity contribution in [2.24, 2.45) is 5.92 Å². The van der Waals surface area contributed by atoms with E-state index in [-0.39, 0.29) is 0 Å². The van der Waals surface area contributed by atoms with Crippen LogP contribution in [0.25, 0.3) is 0 Å². The summed E-state index contributed by atoms with van der Waals surface area (Å²) in [5, 5.41) is 3.98. The van der Waals surface area contributed by atoms with Crippen LogP contribution in [0.3, 0.4) is 0 Å². The van der Waals surface area contributed by atoms with Gasteiger partial charge in [0, 0.05) is 18.1 Å². The zero-order chi connectivity index (χ0) is 13.7. The van der Waals surface area contributed by atoms with E-state index in [1.54, 1.807) is 0 Å². The zero-order valence-corrected chi connectivity index (χ0v) is 13.3. The van der Waals surface area contributed by atoms with Crippen LogP contribution in [0.1, 0.15) is 71.6 Å². The van der Waals surface area contributed by atoms with E-state index in [2.05, 4.69) is 31.1 Å². The largest absolute Gasteiger partial charge is 0.311 e. The standard InChI is InChI=1S/C17H34N2/c1-4-6-15-7-5-8-16(10-9-15)18-17-11-12-19(3)14(2)13-17/h14-18H,4-13H2,1-3H3. The third kappa shape index (κ3) is 4.75. The molecule has 2 rings (SSSR count). The van der Waals surface area contributed by atoms with E-state index < -0.39 is 0 Å². The highest BCUT2D eigenvalue weighted by molar-refractivity contribution is 4.85. The maximum absolute atomic E-state index is 3.98. The van der Waals surface area contributed by atoms with Crippen molar-refractivity contribution < 1.29 is 0 Å². The molecule has 0 amide bonds. The second kappa shape index (κ2) is 7.64. The lowest BCUT2D eigenvalue weighted by Gasteiger charge is -2.37. The maximum atomic E-state index is 3.98. The van der Waals surface area contributed by atoms with Gasteiger partial charge in [-0.05, 0) is 58.5 Å². The molecule has 1 saturated carbocycles. The van der Waals surface area contributed by atoms with Gasteiger partial charge < -0.3 is 10.2 Å². The van der Waals surface area contributed by atoms with Gasteiger partial charge in [0.15, 0.2) is 0 Å². The van der Waals surface area contributed by atoms with Crippen molar-refractivity contribution in [2.75, 3.05) is 13.6 Å². The highest BCUT2D eigenvalue weighted by atomic mass is 15.1. The lowest BCUT2D eigenvalue weighted by Crippen LogP contribution is -2.48. The van der Waals surface area contributed by atoms with E-state index >= 15 is 0 Å². The molecule has 112 valence electrons.